The Balaban J connectivity index is 1.45. The maximum absolute atomic E-state index is 12.6. The quantitative estimate of drug-likeness (QED) is 0.490. The number of aromatic amines is 2. The number of hydrogen-bond acceptors (Lipinski definition) is 4. The van der Waals surface area contributed by atoms with Crippen LogP contribution in [0.5, 0.6) is 0 Å². The second-order valence-electron chi connectivity index (χ2n) is 7.58. The van der Waals surface area contributed by atoms with Gasteiger partial charge in [0.2, 0.25) is 5.91 Å². The van der Waals surface area contributed by atoms with E-state index < -0.39 is 6.61 Å². The minimum absolute atomic E-state index is 0.120. The molecule has 1 aliphatic heterocycles. The van der Waals surface area contributed by atoms with Crippen molar-refractivity contribution in [1.82, 2.24) is 14.9 Å². The first-order chi connectivity index (χ1) is 14.6. The van der Waals surface area contributed by atoms with Gasteiger partial charge in [0.25, 0.3) is 5.56 Å². The van der Waals surface area contributed by atoms with Gasteiger partial charge in [-0.05, 0) is 41.8 Å². The molecule has 0 atom stereocenters. The first-order valence-corrected chi connectivity index (χ1v) is 10.0. The van der Waals surface area contributed by atoms with E-state index >= 15 is 0 Å². The van der Waals surface area contributed by atoms with Crippen LogP contribution in [0.1, 0.15) is 0 Å². The Morgan fingerprint density at radius 3 is 2.47 bits per heavy atom. The first-order valence-electron chi connectivity index (χ1n) is 10.0. The van der Waals surface area contributed by atoms with Gasteiger partial charge in [-0.2, -0.15) is 0 Å². The van der Waals surface area contributed by atoms with Crippen LogP contribution < -0.4 is 10.5 Å². The number of nitrogens with zero attached hydrogens (tertiary/aromatic N) is 2. The number of anilines is 1. The molecule has 0 unspecified atom stereocenters. The number of pyridine rings is 1. The van der Waals surface area contributed by atoms with E-state index in [9.17, 15) is 9.59 Å². The van der Waals surface area contributed by atoms with E-state index in [1.165, 1.54) is 0 Å². The zero-order valence-corrected chi connectivity index (χ0v) is 16.4. The van der Waals surface area contributed by atoms with Crippen LogP contribution in [-0.4, -0.2) is 58.7 Å². The van der Waals surface area contributed by atoms with Crippen molar-refractivity contribution in [3.05, 3.63) is 65.0 Å². The number of H-pyrrole nitrogens is 2. The number of amides is 1. The number of carbonyl (C=O) groups excluding carboxylic acids is 1. The second kappa shape index (κ2) is 7.35. The Bertz CT molecular complexity index is 1300. The molecule has 7 nitrogen and oxygen atoms in total. The third-order valence-corrected chi connectivity index (χ3v) is 5.78. The van der Waals surface area contributed by atoms with Crippen molar-refractivity contribution in [2.75, 3.05) is 37.7 Å². The average Bonchev–Trinajstić information content (AvgIpc) is 3.21. The zero-order chi connectivity index (χ0) is 20.7. The van der Waals surface area contributed by atoms with Crippen molar-refractivity contribution >= 4 is 33.4 Å². The number of carbonyl (C=O) groups is 1. The topological polar surface area (TPSA) is 92.4 Å². The molecule has 152 valence electrons. The number of aromatic nitrogens is 2. The van der Waals surface area contributed by atoms with Crippen LogP contribution in [0.25, 0.3) is 33.1 Å². The van der Waals surface area contributed by atoms with Crippen LogP contribution >= 0.6 is 0 Å². The lowest BCUT2D eigenvalue weighted by atomic mass is 10.1. The number of hydrogen-bond donors (Lipinski definition) is 3. The van der Waals surface area contributed by atoms with Gasteiger partial charge in [0.15, 0.2) is 0 Å². The molecule has 4 aromatic rings. The third-order valence-electron chi connectivity index (χ3n) is 5.78. The summed E-state index contributed by atoms with van der Waals surface area (Å²) < 4.78 is 0. The highest BCUT2D eigenvalue weighted by molar-refractivity contribution is 5.90. The Morgan fingerprint density at radius 1 is 0.900 bits per heavy atom. The summed E-state index contributed by atoms with van der Waals surface area (Å²) in [6.45, 7) is 2.20. The van der Waals surface area contributed by atoms with Gasteiger partial charge in [-0.1, -0.05) is 18.2 Å². The van der Waals surface area contributed by atoms with Crippen molar-refractivity contribution in [3.8, 4) is 11.3 Å². The van der Waals surface area contributed by atoms with Crippen molar-refractivity contribution in [3.63, 3.8) is 0 Å². The summed E-state index contributed by atoms with van der Waals surface area (Å²) in [4.78, 5) is 34.5. The first kappa shape index (κ1) is 18.4. The lowest BCUT2D eigenvalue weighted by molar-refractivity contribution is -0.134. The van der Waals surface area contributed by atoms with E-state index in [4.69, 9.17) is 5.11 Å². The van der Waals surface area contributed by atoms with Crippen molar-refractivity contribution in [2.24, 2.45) is 0 Å². The van der Waals surface area contributed by atoms with Crippen LogP contribution in [0.4, 0.5) is 5.69 Å². The van der Waals surface area contributed by atoms with Gasteiger partial charge in [0.05, 0.1) is 11.3 Å². The summed E-state index contributed by atoms with van der Waals surface area (Å²) in [7, 11) is 0. The molecule has 0 radical (unpaired) electrons. The lowest BCUT2D eigenvalue weighted by Crippen LogP contribution is -2.49. The molecule has 3 heterocycles. The molecule has 7 heteroatoms. The molecule has 0 aliphatic carbocycles. The van der Waals surface area contributed by atoms with Crippen LogP contribution in [0.3, 0.4) is 0 Å². The van der Waals surface area contributed by atoms with Crippen LogP contribution in [0.2, 0.25) is 0 Å². The Labute approximate surface area is 172 Å². The molecule has 2 aromatic carbocycles. The van der Waals surface area contributed by atoms with Gasteiger partial charge < -0.3 is 24.9 Å². The molecule has 0 spiro atoms. The SMILES string of the molecule is O=C(CO)N1CCN(c2ccc3[nH]c(-c4cc5ccccc5[nH]c4=O)cc3c2)CC1. The normalized spacial score (nSPS) is 14.6. The molecule has 1 aliphatic rings. The molecular formula is C23H22N4O3. The number of benzene rings is 2. The molecule has 1 amide bonds. The highest BCUT2D eigenvalue weighted by Crippen LogP contribution is 2.28. The maximum atomic E-state index is 12.6. The molecule has 30 heavy (non-hydrogen) atoms. The Hall–Kier alpha value is -3.58. The van der Waals surface area contributed by atoms with Crippen LogP contribution in [0, 0.1) is 0 Å². The molecule has 1 saturated heterocycles. The molecule has 0 saturated carbocycles. The van der Waals surface area contributed by atoms with Gasteiger partial charge in [-0.25, -0.2) is 0 Å². The largest absolute Gasteiger partial charge is 0.387 e. The fourth-order valence-corrected chi connectivity index (χ4v) is 4.12. The number of para-hydroxylation sites is 1. The average molecular weight is 402 g/mol. The third kappa shape index (κ3) is 3.23. The molecule has 5 rings (SSSR count). The smallest absolute Gasteiger partial charge is 0.257 e. The van der Waals surface area contributed by atoms with Gasteiger partial charge in [0.1, 0.15) is 6.61 Å². The van der Waals surface area contributed by atoms with E-state index in [0.717, 1.165) is 46.3 Å². The molecular weight excluding hydrogens is 380 g/mol. The maximum Gasteiger partial charge on any atom is 0.257 e. The molecule has 1 fully saturated rings. The van der Waals surface area contributed by atoms with Gasteiger partial charge in [-0.3, -0.25) is 9.59 Å². The molecule has 3 N–H and O–H groups in total. The summed E-state index contributed by atoms with van der Waals surface area (Å²) >= 11 is 0. The van der Waals surface area contributed by atoms with E-state index in [2.05, 4.69) is 27.0 Å². The monoisotopic (exact) mass is 402 g/mol. The van der Waals surface area contributed by atoms with E-state index in [1.54, 1.807) is 4.90 Å². The standard InChI is InChI=1S/C23H22N4O3/c28-14-22(29)27-9-7-26(8-10-27)17-5-6-20-16(11-17)13-21(24-20)18-12-15-3-1-2-4-19(15)25-23(18)30/h1-6,11-13,24,28H,7-10,14H2,(H,25,30). The van der Waals surface area contributed by atoms with Crippen LogP contribution in [0.15, 0.2) is 59.4 Å². The van der Waals surface area contributed by atoms with Gasteiger partial charge in [-0.15, -0.1) is 0 Å². The number of fused-ring (bicyclic) bond motifs is 2. The van der Waals surface area contributed by atoms with Gasteiger partial charge in [0, 0.05) is 48.3 Å². The van der Waals surface area contributed by atoms with Gasteiger partial charge >= 0.3 is 0 Å². The number of nitrogens with one attached hydrogen (secondary N) is 2. The predicted octanol–water partition coefficient (Wildman–Crippen LogP) is 2.32. The lowest BCUT2D eigenvalue weighted by Gasteiger charge is -2.35. The second-order valence-corrected chi connectivity index (χ2v) is 7.58. The van der Waals surface area contributed by atoms with Crippen molar-refractivity contribution in [2.45, 2.75) is 0 Å². The molecule has 2 aromatic heterocycles. The summed E-state index contributed by atoms with van der Waals surface area (Å²) in [6.07, 6.45) is 0. The summed E-state index contributed by atoms with van der Waals surface area (Å²) in [5, 5.41) is 11.0. The minimum Gasteiger partial charge on any atom is -0.387 e. The molecule has 0 bridgehead atoms. The summed E-state index contributed by atoms with van der Waals surface area (Å²) in [6, 6.07) is 17.8. The number of rotatable bonds is 3. The number of aliphatic hydroxyl groups is 1. The summed E-state index contributed by atoms with van der Waals surface area (Å²) in [5.41, 5.74) is 4.15. The number of aliphatic hydroxyl groups excluding tert-OH is 1. The van der Waals surface area contributed by atoms with E-state index in [-0.39, 0.29) is 11.5 Å². The highest BCUT2D eigenvalue weighted by Gasteiger charge is 2.21. The Kier molecular flexibility index (Phi) is 4.52. The van der Waals surface area contributed by atoms with Crippen molar-refractivity contribution < 1.29 is 9.90 Å². The van der Waals surface area contributed by atoms with E-state index in [1.807, 2.05) is 42.5 Å². The highest BCUT2D eigenvalue weighted by atomic mass is 16.3. The number of piperazine rings is 1. The minimum atomic E-state index is -0.439. The van der Waals surface area contributed by atoms with Crippen LogP contribution in [-0.2, 0) is 4.79 Å². The fraction of sp³-hybridized carbons (Fsp3) is 0.217. The van der Waals surface area contributed by atoms with E-state index in [0.29, 0.717) is 18.7 Å². The van der Waals surface area contributed by atoms with Crippen molar-refractivity contribution in [1.29, 1.82) is 0 Å². The zero-order valence-electron chi connectivity index (χ0n) is 16.4. The predicted molar refractivity (Wildman–Crippen MR) is 118 cm³/mol. The fourth-order valence-electron chi connectivity index (χ4n) is 4.12. The summed E-state index contributed by atoms with van der Waals surface area (Å²) in [5.74, 6) is -0.221. The Morgan fingerprint density at radius 2 is 1.67 bits per heavy atom.